The van der Waals surface area contributed by atoms with Crippen LogP contribution in [0.5, 0.6) is 0 Å². The van der Waals surface area contributed by atoms with Crippen LogP contribution in [0, 0.1) is 6.92 Å². The smallest absolute Gasteiger partial charge is 0.271 e. The molecule has 120 valence electrons. The van der Waals surface area contributed by atoms with Crippen molar-refractivity contribution in [2.24, 2.45) is 0 Å². The second-order valence-corrected chi connectivity index (χ2v) is 7.21. The van der Waals surface area contributed by atoms with E-state index in [4.69, 9.17) is 0 Å². The highest BCUT2D eigenvalue weighted by atomic mass is 32.1. The molecule has 2 aliphatic rings. The third-order valence-electron chi connectivity index (χ3n) is 4.72. The Balaban J connectivity index is 1.70. The number of carbonyl (C=O) groups is 2. The lowest BCUT2D eigenvalue weighted by Gasteiger charge is -2.37. The van der Waals surface area contributed by atoms with E-state index in [2.05, 4.69) is 4.98 Å². The van der Waals surface area contributed by atoms with E-state index in [1.807, 2.05) is 45.0 Å². The summed E-state index contributed by atoms with van der Waals surface area (Å²) in [6.45, 7) is 5.30. The second-order valence-electron chi connectivity index (χ2n) is 6.15. The molecular formula is C16H18N4O2S. The molecule has 2 aromatic rings. The van der Waals surface area contributed by atoms with Gasteiger partial charge in [-0.2, -0.15) is 0 Å². The number of nitrogens with zero attached hydrogens (tertiary/aromatic N) is 4. The van der Waals surface area contributed by atoms with Crippen molar-refractivity contribution >= 4 is 23.2 Å². The fraction of sp³-hybridized carbons (Fsp3) is 0.438. The summed E-state index contributed by atoms with van der Waals surface area (Å²) in [5.41, 5.74) is 1.62. The summed E-state index contributed by atoms with van der Waals surface area (Å²) in [6.07, 6.45) is 1.94. The van der Waals surface area contributed by atoms with Crippen molar-refractivity contribution in [1.82, 2.24) is 19.4 Å². The Morgan fingerprint density at radius 1 is 1.39 bits per heavy atom. The Hall–Kier alpha value is -2.15. The van der Waals surface area contributed by atoms with E-state index >= 15 is 0 Å². The molecule has 2 atom stereocenters. The van der Waals surface area contributed by atoms with Gasteiger partial charge < -0.3 is 14.4 Å². The zero-order valence-corrected chi connectivity index (χ0v) is 13.9. The molecule has 0 bridgehead atoms. The van der Waals surface area contributed by atoms with E-state index in [0.29, 0.717) is 25.3 Å². The molecule has 4 rings (SSSR count). The van der Waals surface area contributed by atoms with Gasteiger partial charge in [-0.25, -0.2) is 4.98 Å². The number of rotatable bonds is 2. The lowest BCUT2D eigenvalue weighted by molar-refractivity contribution is -0.128. The first kappa shape index (κ1) is 14.4. The highest BCUT2D eigenvalue weighted by Gasteiger charge is 2.45. The Kier molecular flexibility index (Phi) is 3.26. The van der Waals surface area contributed by atoms with Gasteiger partial charge in [0, 0.05) is 31.6 Å². The van der Waals surface area contributed by atoms with Crippen LogP contribution in [0.4, 0.5) is 0 Å². The first-order chi connectivity index (χ1) is 11.0. The van der Waals surface area contributed by atoms with E-state index in [-0.39, 0.29) is 23.9 Å². The zero-order valence-electron chi connectivity index (χ0n) is 13.1. The van der Waals surface area contributed by atoms with E-state index in [1.54, 1.807) is 18.3 Å². The van der Waals surface area contributed by atoms with Crippen LogP contribution < -0.4 is 0 Å². The molecule has 0 unspecified atom stereocenters. The summed E-state index contributed by atoms with van der Waals surface area (Å²) < 4.78 is 2.03. The second kappa shape index (κ2) is 5.19. The average molecular weight is 330 g/mol. The monoisotopic (exact) mass is 330 g/mol. The highest BCUT2D eigenvalue weighted by molar-refractivity contribution is 7.09. The maximum atomic E-state index is 12.9. The van der Waals surface area contributed by atoms with E-state index in [9.17, 15) is 9.59 Å². The van der Waals surface area contributed by atoms with Gasteiger partial charge in [0.1, 0.15) is 5.69 Å². The van der Waals surface area contributed by atoms with Crippen LogP contribution in [-0.4, -0.2) is 50.3 Å². The SMILES string of the molecule is CC(=O)N1C[C@@H]2[C@H](C1)n1cccc1C(=O)N2Cc1csc(C)n1. The predicted octanol–water partition coefficient (Wildman–Crippen LogP) is 1.68. The van der Waals surface area contributed by atoms with Crippen molar-refractivity contribution in [2.75, 3.05) is 13.1 Å². The quantitative estimate of drug-likeness (QED) is 0.842. The molecule has 0 radical (unpaired) electrons. The minimum Gasteiger partial charge on any atom is -0.339 e. The van der Waals surface area contributed by atoms with Crippen LogP contribution in [0.2, 0.25) is 0 Å². The Morgan fingerprint density at radius 2 is 2.17 bits per heavy atom. The molecule has 0 spiro atoms. The largest absolute Gasteiger partial charge is 0.339 e. The molecule has 4 heterocycles. The van der Waals surface area contributed by atoms with Crippen molar-refractivity contribution < 1.29 is 9.59 Å². The van der Waals surface area contributed by atoms with Crippen LogP contribution in [0.15, 0.2) is 23.7 Å². The maximum absolute atomic E-state index is 12.9. The third-order valence-corrected chi connectivity index (χ3v) is 5.54. The summed E-state index contributed by atoms with van der Waals surface area (Å²) in [5.74, 6) is 0.0808. The maximum Gasteiger partial charge on any atom is 0.271 e. The molecule has 1 fully saturated rings. The van der Waals surface area contributed by atoms with Crippen molar-refractivity contribution in [1.29, 1.82) is 0 Å². The first-order valence-corrected chi connectivity index (χ1v) is 8.57. The average Bonchev–Trinajstić information content (AvgIpc) is 3.21. The summed E-state index contributed by atoms with van der Waals surface area (Å²) >= 11 is 1.59. The minimum atomic E-state index is 0.00769. The van der Waals surface area contributed by atoms with E-state index < -0.39 is 0 Å². The Labute approximate surface area is 138 Å². The fourth-order valence-corrected chi connectivity index (χ4v) is 4.22. The number of hydrogen-bond acceptors (Lipinski definition) is 4. The third kappa shape index (κ3) is 2.26. The molecule has 2 aromatic heterocycles. The molecule has 2 amide bonds. The molecule has 0 N–H and O–H groups in total. The molecule has 7 heteroatoms. The zero-order chi connectivity index (χ0) is 16.1. The number of fused-ring (bicyclic) bond motifs is 3. The number of hydrogen-bond donors (Lipinski definition) is 0. The van der Waals surface area contributed by atoms with Crippen LogP contribution >= 0.6 is 11.3 Å². The number of amides is 2. The standard InChI is InChI=1S/C16H18N4O2S/c1-10-17-12(9-23-10)6-20-15-8-18(11(2)21)7-14(15)19-5-3-4-13(19)16(20)22/h3-5,9,14-15H,6-8H2,1-2H3/t14-,15+/m0/s1. The van der Waals surface area contributed by atoms with Gasteiger partial charge in [-0.3, -0.25) is 9.59 Å². The molecule has 0 aliphatic carbocycles. The van der Waals surface area contributed by atoms with Crippen molar-refractivity contribution in [2.45, 2.75) is 32.5 Å². The topological polar surface area (TPSA) is 58.4 Å². The van der Waals surface area contributed by atoms with Gasteiger partial charge in [-0.05, 0) is 19.1 Å². The minimum absolute atomic E-state index is 0.00769. The summed E-state index contributed by atoms with van der Waals surface area (Å²) in [7, 11) is 0. The summed E-state index contributed by atoms with van der Waals surface area (Å²) in [6, 6.07) is 3.89. The van der Waals surface area contributed by atoms with Gasteiger partial charge in [0.25, 0.3) is 5.91 Å². The van der Waals surface area contributed by atoms with Gasteiger partial charge in [0.15, 0.2) is 0 Å². The molecule has 1 saturated heterocycles. The van der Waals surface area contributed by atoms with Crippen LogP contribution in [-0.2, 0) is 11.3 Å². The van der Waals surface area contributed by atoms with Gasteiger partial charge in [-0.15, -0.1) is 11.3 Å². The molecule has 6 nitrogen and oxygen atoms in total. The number of likely N-dealkylation sites (tertiary alicyclic amines) is 1. The first-order valence-electron chi connectivity index (χ1n) is 7.69. The number of aryl methyl sites for hydroxylation is 1. The van der Waals surface area contributed by atoms with Crippen LogP contribution in [0.3, 0.4) is 0 Å². The molecular weight excluding hydrogens is 312 g/mol. The Bertz CT molecular complexity index is 781. The molecule has 23 heavy (non-hydrogen) atoms. The van der Waals surface area contributed by atoms with Crippen molar-refractivity contribution in [3.8, 4) is 0 Å². The highest BCUT2D eigenvalue weighted by Crippen LogP contribution is 2.34. The Morgan fingerprint density at radius 3 is 2.87 bits per heavy atom. The number of aromatic nitrogens is 2. The van der Waals surface area contributed by atoms with Gasteiger partial charge >= 0.3 is 0 Å². The fourth-order valence-electron chi connectivity index (χ4n) is 3.61. The van der Waals surface area contributed by atoms with Gasteiger partial charge in [-0.1, -0.05) is 0 Å². The predicted molar refractivity (Wildman–Crippen MR) is 86.2 cm³/mol. The van der Waals surface area contributed by atoms with Gasteiger partial charge in [0.2, 0.25) is 5.91 Å². The lowest BCUT2D eigenvalue weighted by Crippen LogP contribution is -2.49. The summed E-state index contributed by atoms with van der Waals surface area (Å²) in [4.78, 5) is 32.9. The van der Waals surface area contributed by atoms with Crippen molar-refractivity contribution in [3.05, 3.63) is 40.1 Å². The number of thiazole rings is 1. The van der Waals surface area contributed by atoms with Crippen LogP contribution in [0.1, 0.15) is 34.2 Å². The molecule has 0 saturated carbocycles. The van der Waals surface area contributed by atoms with E-state index in [1.165, 1.54) is 0 Å². The number of carbonyl (C=O) groups excluding carboxylic acids is 2. The van der Waals surface area contributed by atoms with E-state index in [0.717, 1.165) is 10.7 Å². The van der Waals surface area contributed by atoms with Gasteiger partial charge in [0.05, 0.1) is 29.3 Å². The normalized spacial score (nSPS) is 23.1. The van der Waals surface area contributed by atoms with Crippen LogP contribution in [0.25, 0.3) is 0 Å². The molecule has 2 aliphatic heterocycles. The lowest BCUT2D eigenvalue weighted by atomic mass is 10.1. The van der Waals surface area contributed by atoms with Crippen molar-refractivity contribution in [3.63, 3.8) is 0 Å². The molecule has 0 aromatic carbocycles. The summed E-state index contributed by atoms with van der Waals surface area (Å²) in [5, 5.41) is 3.00.